The van der Waals surface area contributed by atoms with Gasteiger partial charge >= 0.3 is 0 Å². The molecule has 130 valence electrons. The lowest BCUT2D eigenvalue weighted by molar-refractivity contribution is 0.0810. The average molecular weight is 365 g/mol. The summed E-state index contributed by atoms with van der Waals surface area (Å²) in [4.78, 5) is 15.8. The number of carbonyl (C=O) groups is 1. The fourth-order valence-electron chi connectivity index (χ4n) is 3.23. The van der Waals surface area contributed by atoms with Gasteiger partial charge in [0, 0.05) is 17.5 Å². The Morgan fingerprint density at radius 2 is 2.15 bits per heavy atom. The first-order valence-corrected chi connectivity index (χ1v) is 9.17. The summed E-state index contributed by atoms with van der Waals surface area (Å²) in [6, 6.07) is 11.4. The summed E-state index contributed by atoms with van der Waals surface area (Å²) in [7, 11) is 0. The molecule has 0 spiro atoms. The fraction of sp³-hybridized carbons (Fsp3) is 0.150. The van der Waals surface area contributed by atoms with E-state index in [9.17, 15) is 4.79 Å². The minimum absolute atomic E-state index is 0.0839. The van der Waals surface area contributed by atoms with E-state index < -0.39 is 0 Å². The van der Waals surface area contributed by atoms with Crippen molar-refractivity contribution in [1.82, 2.24) is 4.90 Å². The monoisotopic (exact) mass is 365 g/mol. The normalized spacial score (nSPS) is 17.7. The topological polar surface area (TPSA) is 51.9 Å². The van der Waals surface area contributed by atoms with Crippen molar-refractivity contribution in [2.24, 2.45) is 0 Å². The van der Waals surface area contributed by atoms with Gasteiger partial charge in [-0.1, -0.05) is 6.07 Å². The Balaban J connectivity index is 1.46. The van der Waals surface area contributed by atoms with Gasteiger partial charge in [-0.2, -0.15) is 0 Å². The van der Waals surface area contributed by atoms with Crippen LogP contribution in [0.3, 0.4) is 0 Å². The average Bonchev–Trinajstić information content (AvgIpc) is 3.39. The van der Waals surface area contributed by atoms with Crippen LogP contribution in [-0.2, 0) is 13.1 Å². The second-order valence-corrected chi connectivity index (χ2v) is 7.19. The highest BCUT2D eigenvalue weighted by atomic mass is 32.1. The molecule has 0 unspecified atom stereocenters. The van der Waals surface area contributed by atoms with E-state index in [0.717, 1.165) is 22.0 Å². The molecule has 4 heterocycles. The van der Waals surface area contributed by atoms with Gasteiger partial charge in [-0.15, -0.1) is 11.3 Å². The molecule has 1 aromatic carbocycles. The van der Waals surface area contributed by atoms with E-state index in [1.165, 1.54) is 0 Å². The molecule has 5 rings (SSSR count). The number of benzene rings is 1. The smallest absolute Gasteiger partial charge is 0.232 e. The summed E-state index contributed by atoms with van der Waals surface area (Å²) in [5.41, 5.74) is 1.50. The van der Waals surface area contributed by atoms with E-state index in [0.29, 0.717) is 36.9 Å². The zero-order valence-electron chi connectivity index (χ0n) is 13.8. The van der Waals surface area contributed by atoms with E-state index in [4.69, 9.17) is 13.9 Å². The fourth-order valence-corrected chi connectivity index (χ4v) is 3.88. The lowest BCUT2D eigenvalue weighted by Crippen LogP contribution is -2.31. The van der Waals surface area contributed by atoms with E-state index in [1.807, 2.05) is 35.7 Å². The standard InChI is InChI=1S/C20H15NO4S/c22-19-15-5-6-17-16(11-21(12-24-17)10-13-3-1-7-23-13)20(15)25-18(19)9-14-4-2-8-26-14/h1-9H,10-12H2/b18-9-. The van der Waals surface area contributed by atoms with Gasteiger partial charge in [-0.25, -0.2) is 0 Å². The SMILES string of the molecule is O=C1/C(=C/c2cccs2)Oc2c1ccc1c2CN(Cc2ccco2)CO1. The molecule has 0 saturated heterocycles. The summed E-state index contributed by atoms with van der Waals surface area (Å²) in [6.07, 6.45) is 3.46. The van der Waals surface area contributed by atoms with Crippen molar-refractivity contribution in [2.45, 2.75) is 13.1 Å². The third-order valence-electron chi connectivity index (χ3n) is 4.46. The predicted octanol–water partition coefficient (Wildman–Crippen LogP) is 4.31. The predicted molar refractivity (Wildman–Crippen MR) is 97.1 cm³/mol. The molecule has 6 heteroatoms. The molecule has 26 heavy (non-hydrogen) atoms. The first-order chi connectivity index (χ1) is 12.8. The van der Waals surface area contributed by atoms with Crippen LogP contribution in [0.2, 0.25) is 0 Å². The maximum Gasteiger partial charge on any atom is 0.232 e. The van der Waals surface area contributed by atoms with Crippen LogP contribution in [-0.4, -0.2) is 17.4 Å². The second kappa shape index (κ2) is 6.16. The second-order valence-electron chi connectivity index (χ2n) is 6.21. The Bertz CT molecular complexity index is 989. The van der Waals surface area contributed by atoms with Crippen LogP contribution in [0, 0.1) is 0 Å². The molecule has 0 N–H and O–H groups in total. The highest BCUT2D eigenvalue weighted by Gasteiger charge is 2.33. The molecule has 5 nitrogen and oxygen atoms in total. The Hall–Kier alpha value is -2.83. The number of thiophene rings is 1. The van der Waals surface area contributed by atoms with Crippen LogP contribution < -0.4 is 9.47 Å². The number of Topliss-reactive ketones (excluding diaryl/α,β-unsaturated/α-hetero) is 1. The number of carbonyl (C=O) groups excluding carboxylic acids is 1. The van der Waals surface area contributed by atoms with Gasteiger partial charge in [-0.05, 0) is 35.7 Å². The van der Waals surface area contributed by atoms with Gasteiger partial charge in [0.25, 0.3) is 0 Å². The van der Waals surface area contributed by atoms with Crippen LogP contribution in [0.1, 0.15) is 26.6 Å². The Kier molecular flexibility index (Phi) is 3.65. The maximum absolute atomic E-state index is 12.7. The number of furan rings is 1. The molecule has 0 saturated carbocycles. The number of ketones is 1. The van der Waals surface area contributed by atoms with Gasteiger partial charge in [0.1, 0.15) is 24.0 Å². The Morgan fingerprint density at radius 1 is 1.19 bits per heavy atom. The van der Waals surface area contributed by atoms with Crippen molar-refractivity contribution >= 4 is 23.2 Å². The summed E-state index contributed by atoms with van der Waals surface area (Å²) in [6.45, 7) is 1.75. The van der Waals surface area contributed by atoms with Crippen molar-refractivity contribution < 1.29 is 18.7 Å². The van der Waals surface area contributed by atoms with Gasteiger partial charge in [0.2, 0.25) is 5.78 Å². The highest BCUT2D eigenvalue weighted by Crippen LogP contribution is 2.42. The van der Waals surface area contributed by atoms with Crippen LogP contribution in [0.15, 0.2) is 58.2 Å². The molecule has 0 amide bonds. The molecular formula is C20H15NO4S. The molecule has 0 radical (unpaired) electrons. The quantitative estimate of drug-likeness (QED) is 0.648. The molecule has 0 bridgehead atoms. The lowest BCUT2D eigenvalue weighted by atomic mass is 10.0. The van der Waals surface area contributed by atoms with E-state index in [-0.39, 0.29) is 5.78 Å². The lowest BCUT2D eigenvalue weighted by Gasteiger charge is -2.29. The first-order valence-electron chi connectivity index (χ1n) is 8.29. The number of hydrogen-bond donors (Lipinski definition) is 0. The molecule has 0 atom stereocenters. The molecule has 0 aliphatic carbocycles. The largest absolute Gasteiger partial charge is 0.478 e. The number of ether oxygens (including phenoxy) is 2. The highest BCUT2D eigenvalue weighted by molar-refractivity contribution is 7.10. The Morgan fingerprint density at radius 3 is 2.96 bits per heavy atom. The minimum Gasteiger partial charge on any atom is -0.478 e. The van der Waals surface area contributed by atoms with E-state index >= 15 is 0 Å². The molecule has 2 aliphatic rings. The van der Waals surface area contributed by atoms with Crippen molar-refractivity contribution in [2.75, 3.05) is 6.73 Å². The number of fused-ring (bicyclic) bond motifs is 3. The van der Waals surface area contributed by atoms with Gasteiger partial charge < -0.3 is 13.9 Å². The molecule has 2 aliphatic heterocycles. The van der Waals surface area contributed by atoms with Crippen LogP contribution in [0.5, 0.6) is 11.5 Å². The van der Waals surface area contributed by atoms with Crippen molar-refractivity contribution in [3.05, 3.63) is 75.6 Å². The summed E-state index contributed by atoms with van der Waals surface area (Å²) < 4.78 is 17.2. The number of nitrogens with zero attached hydrogens (tertiary/aromatic N) is 1. The number of hydrogen-bond acceptors (Lipinski definition) is 6. The van der Waals surface area contributed by atoms with Crippen molar-refractivity contribution in [3.8, 4) is 11.5 Å². The van der Waals surface area contributed by atoms with Gasteiger partial charge in [-0.3, -0.25) is 9.69 Å². The zero-order chi connectivity index (χ0) is 17.5. The molecule has 0 fully saturated rings. The zero-order valence-corrected chi connectivity index (χ0v) is 14.6. The van der Waals surface area contributed by atoms with Gasteiger partial charge in [0.15, 0.2) is 5.76 Å². The molecular weight excluding hydrogens is 350 g/mol. The number of rotatable bonds is 3. The molecule has 2 aromatic heterocycles. The Labute approximate surface area is 154 Å². The summed E-state index contributed by atoms with van der Waals surface area (Å²) in [5, 5.41) is 1.97. The van der Waals surface area contributed by atoms with E-state index in [1.54, 1.807) is 29.7 Å². The van der Waals surface area contributed by atoms with Crippen LogP contribution in [0.4, 0.5) is 0 Å². The third-order valence-corrected chi connectivity index (χ3v) is 5.28. The molecule has 3 aromatic rings. The van der Waals surface area contributed by atoms with E-state index in [2.05, 4.69) is 4.90 Å². The first kappa shape index (κ1) is 15.4. The maximum atomic E-state index is 12.7. The minimum atomic E-state index is -0.0839. The summed E-state index contributed by atoms with van der Waals surface area (Å²) in [5.74, 6) is 2.53. The third kappa shape index (κ3) is 2.64. The van der Waals surface area contributed by atoms with Gasteiger partial charge in [0.05, 0.1) is 23.9 Å². The van der Waals surface area contributed by atoms with Crippen molar-refractivity contribution in [3.63, 3.8) is 0 Å². The van der Waals surface area contributed by atoms with Crippen molar-refractivity contribution in [1.29, 1.82) is 0 Å². The number of allylic oxidation sites excluding steroid dienone is 1. The van der Waals surface area contributed by atoms with Crippen LogP contribution in [0.25, 0.3) is 6.08 Å². The van der Waals surface area contributed by atoms with Crippen LogP contribution >= 0.6 is 11.3 Å². The summed E-state index contributed by atoms with van der Waals surface area (Å²) >= 11 is 1.57.